The lowest BCUT2D eigenvalue weighted by Gasteiger charge is -2.38. The third kappa shape index (κ3) is 3.06. The zero-order chi connectivity index (χ0) is 14.7. The maximum atomic E-state index is 11.9. The first-order valence-electron chi connectivity index (χ1n) is 7.36. The number of rotatable bonds is 3. The molecule has 1 fully saturated rings. The van der Waals surface area contributed by atoms with Gasteiger partial charge in [-0.05, 0) is 50.8 Å². The first-order valence-corrected chi connectivity index (χ1v) is 7.36. The van der Waals surface area contributed by atoms with Crippen molar-refractivity contribution in [2.45, 2.75) is 39.7 Å². The molecule has 1 aliphatic rings. The Balaban J connectivity index is 2.28. The van der Waals surface area contributed by atoms with Gasteiger partial charge >= 0.3 is 5.97 Å². The predicted molar refractivity (Wildman–Crippen MR) is 82.0 cm³/mol. The zero-order valence-corrected chi connectivity index (χ0v) is 12.6. The Morgan fingerprint density at radius 3 is 2.85 bits per heavy atom. The van der Waals surface area contributed by atoms with Gasteiger partial charge in [-0.3, -0.25) is 0 Å². The van der Waals surface area contributed by atoms with Crippen LogP contribution in [-0.2, 0) is 4.74 Å². The van der Waals surface area contributed by atoms with Gasteiger partial charge in [0.15, 0.2) is 0 Å². The molecule has 1 aromatic rings. The quantitative estimate of drug-likeness (QED) is 0.681. The van der Waals surface area contributed by atoms with Crippen LogP contribution < -0.4 is 10.6 Å². The lowest BCUT2D eigenvalue weighted by molar-refractivity contribution is 0.0527. The molecule has 4 nitrogen and oxygen atoms in total. The summed E-state index contributed by atoms with van der Waals surface area (Å²) in [5.41, 5.74) is 7.89. The minimum atomic E-state index is -0.343. The SMILES string of the molecule is CCOC(=O)c1cc(N2CC(C)CCC2C)ccc1N. The molecule has 0 radical (unpaired) electrons. The van der Waals surface area contributed by atoms with Crippen LogP contribution in [0.2, 0.25) is 0 Å². The third-order valence-electron chi connectivity index (χ3n) is 3.98. The smallest absolute Gasteiger partial charge is 0.340 e. The maximum absolute atomic E-state index is 11.9. The van der Waals surface area contributed by atoms with Gasteiger partial charge in [-0.15, -0.1) is 0 Å². The molecule has 1 saturated heterocycles. The van der Waals surface area contributed by atoms with E-state index in [0.717, 1.165) is 12.2 Å². The average Bonchev–Trinajstić information content (AvgIpc) is 2.42. The molecule has 2 atom stereocenters. The minimum Gasteiger partial charge on any atom is -0.462 e. The van der Waals surface area contributed by atoms with Crippen LogP contribution in [0, 0.1) is 5.92 Å². The summed E-state index contributed by atoms with van der Waals surface area (Å²) in [6.07, 6.45) is 2.44. The van der Waals surface area contributed by atoms with E-state index >= 15 is 0 Å². The average molecular weight is 276 g/mol. The van der Waals surface area contributed by atoms with E-state index in [2.05, 4.69) is 18.7 Å². The summed E-state index contributed by atoms with van der Waals surface area (Å²) in [7, 11) is 0. The highest BCUT2D eigenvalue weighted by Crippen LogP contribution is 2.29. The van der Waals surface area contributed by atoms with Crippen molar-refractivity contribution >= 4 is 17.3 Å². The molecule has 20 heavy (non-hydrogen) atoms. The molecule has 0 spiro atoms. The summed E-state index contributed by atoms with van der Waals surface area (Å²) in [6, 6.07) is 6.15. The second kappa shape index (κ2) is 6.16. The Labute approximate surface area is 120 Å². The van der Waals surface area contributed by atoms with Crippen molar-refractivity contribution in [2.24, 2.45) is 5.92 Å². The van der Waals surface area contributed by atoms with E-state index in [4.69, 9.17) is 10.5 Å². The minimum absolute atomic E-state index is 0.343. The number of nitrogens with zero attached hydrogens (tertiary/aromatic N) is 1. The van der Waals surface area contributed by atoms with Crippen LogP contribution in [-0.4, -0.2) is 25.2 Å². The standard InChI is InChI=1S/C16H24N2O2/c1-4-20-16(19)14-9-13(7-8-15(14)17)18-10-11(2)5-6-12(18)3/h7-9,11-12H,4-6,10,17H2,1-3H3. The van der Waals surface area contributed by atoms with E-state index in [9.17, 15) is 4.79 Å². The van der Waals surface area contributed by atoms with Crippen molar-refractivity contribution in [3.63, 3.8) is 0 Å². The van der Waals surface area contributed by atoms with E-state index in [1.54, 1.807) is 13.0 Å². The molecule has 1 aliphatic heterocycles. The summed E-state index contributed by atoms with van der Waals surface area (Å²) < 4.78 is 5.06. The highest BCUT2D eigenvalue weighted by Gasteiger charge is 2.24. The van der Waals surface area contributed by atoms with E-state index in [-0.39, 0.29) is 5.97 Å². The molecule has 110 valence electrons. The Morgan fingerprint density at radius 2 is 2.15 bits per heavy atom. The van der Waals surface area contributed by atoms with Crippen molar-refractivity contribution in [3.05, 3.63) is 23.8 Å². The lowest BCUT2D eigenvalue weighted by Crippen LogP contribution is -2.41. The van der Waals surface area contributed by atoms with Crippen LogP contribution in [0.5, 0.6) is 0 Å². The number of esters is 1. The van der Waals surface area contributed by atoms with E-state index in [1.165, 1.54) is 12.8 Å². The molecule has 0 aliphatic carbocycles. The number of benzene rings is 1. The van der Waals surface area contributed by atoms with Gasteiger partial charge in [0.25, 0.3) is 0 Å². The van der Waals surface area contributed by atoms with Crippen LogP contribution >= 0.6 is 0 Å². The van der Waals surface area contributed by atoms with E-state index in [1.807, 2.05) is 12.1 Å². The molecule has 2 unspecified atom stereocenters. The number of hydrogen-bond donors (Lipinski definition) is 1. The van der Waals surface area contributed by atoms with Crippen LogP contribution in [0.15, 0.2) is 18.2 Å². The fourth-order valence-electron chi connectivity index (χ4n) is 2.76. The van der Waals surface area contributed by atoms with Crippen LogP contribution in [0.4, 0.5) is 11.4 Å². The fraction of sp³-hybridized carbons (Fsp3) is 0.562. The Hall–Kier alpha value is -1.71. The van der Waals surface area contributed by atoms with Crippen molar-refractivity contribution in [1.82, 2.24) is 0 Å². The first-order chi connectivity index (χ1) is 9.52. The van der Waals surface area contributed by atoms with E-state index in [0.29, 0.717) is 29.8 Å². The van der Waals surface area contributed by atoms with Crippen LogP contribution in [0.3, 0.4) is 0 Å². The predicted octanol–water partition coefficient (Wildman–Crippen LogP) is 3.07. The second-order valence-electron chi connectivity index (χ2n) is 5.68. The number of carbonyl (C=O) groups is 1. The van der Waals surface area contributed by atoms with Crippen molar-refractivity contribution in [3.8, 4) is 0 Å². The monoisotopic (exact) mass is 276 g/mol. The van der Waals surface area contributed by atoms with Gasteiger partial charge in [0.05, 0.1) is 12.2 Å². The van der Waals surface area contributed by atoms with Crippen molar-refractivity contribution in [2.75, 3.05) is 23.8 Å². The Bertz CT molecular complexity index is 487. The molecule has 2 rings (SSSR count). The van der Waals surface area contributed by atoms with Gasteiger partial charge in [0, 0.05) is 24.0 Å². The highest BCUT2D eigenvalue weighted by molar-refractivity contribution is 5.96. The number of hydrogen-bond acceptors (Lipinski definition) is 4. The molecule has 1 aromatic carbocycles. The van der Waals surface area contributed by atoms with Gasteiger partial charge in [-0.25, -0.2) is 4.79 Å². The molecule has 0 bridgehead atoms. The van der Waals surface area contributed by atoms with Crippen molar-refractivity contribution < 1.29 is 9.53 Å². The van der Waals surface area contributed by atoms with Crippen molar-refractivity contribution in [1.29, 1.82) is 0 Å². The summed E-state index contributed by atoms with van der Waals surface area (Å²) in [5.74, 6) is 0.333. The second-order valence-corrected chi connectivity index (χ2v) is 5.68. The first kappa shape index (κ1) is 14.7. The topological polar surface area (TPSA) is 55.6 Å². The van der Waals surface area contributed by atoms with Crippen LogP contribution in [0.25, 0.3) is 0 Å². The van der Waals surface area contributed by atoms with Gasteiger partial charge < -0.3 is 15.4 Å². The normalized spacial score (nSPS) is 22.6. The third-order valence-corrected chi connectivity index (χ3v) is 3.98. The van der Waals surface area contributed by atoms with Gasteiger partial charge in [0.1, 0.15) is 0 Å². The van der Waals surface area contributed by atoms with Gasteiger partial charge in [0.2, 0.25) is 0 Å². The van der Waals surface area contributed by atoms with Gasteiger partial charge in [-0.2, -0.15) is 0 Å². The fourth-order valence-corrected chi connectivity index (χ4v) is 2.76. The lowest BCUT2D eigenvalue weighted by atomic mass is 9.94. The molecule has 4 heteroatoms. The van der Waals surface area contributed by atoms with Gasteiger partial charge in [-0.1, -0.05) is 6.92 Å². The van der Waals surface area contributed by atoms with Crippen LogP contribution in [0.1, 0.15) is 44.0 Å². The number of nitrogens with two attached hydrogens (primary N) is 1. The Kier molecular flexibility index (Phi) is 4.53. The summed E-state index contributed by atoms with van der Waals surface area (Å²) in [4.78, 5) is 14.3. The largest absolute Gasteiger partial charge is 0.462 e. The number of ether oxygens (including phenoxy) is 1. The zero-order valence-electron chi connectivity index (χ0n) is 12.6. The molecule has 2 N–H and O–H groups in total. The van der Waals surface area contributed by atoms with E-state index < -0.39 is 0 Å². The number of nitrogen functional groups attached to an aromatic ring is 1. The summed E-state index contributed by atoms with van der Waals surface area (Å²) in [5, 5.41) is 0. The molecular weight excluding hydrogens is 252 g/mol. The number of piperidine rings is 1. The number of carbonyl (C=O) groups excluding carboxylic acids is 1. The molecule has 0 saturated carbocycles. The molecule has 0 amide bonds. The maximum Gasteiger partial charge on any atom is 0.340 e. The summed E-state index contributed by atoms with van der Waals surface area (Å²) in [6.45, 7) is 7.67. The molecular formula is C16H24N2O2. The highest BCUT2D eigenvalue weighted by atomic mass is 16.5. The Morgan fingerprint density at radius 1 is 1.40 bits per heavy atom. The molecule has 0 aromatic heterocycles. The summed E-state index contributed by atoms with van der Waals surface area (Å²) >= 11 is 0. The molecule has 1 heterocycles. The number of anilines is 2.